The van der Waals surface area contributed by atoms with Gasteiger partial charge in [-0.1, -0.05) is 26.3 Å². The zero-order valence-electron chi connectivity index (χ0n) is 12.2. The maximum absolute atomic E-state index is 12.4. The van der Waals surface area contributed by atoms with Crippen molar-refractivity contribution in [2.24, 2.45) is 5.92 Å². The zero-order chi connectivity index (χ0) is 14.7. The van der Waals surface area contributed by atoms with E-state index in [2.05, 4.69) is 10.3 Å². The van der Waals surface area contributed by atoms with Crippen LogP contribution in [-0.2, 0) is 16.1 Å². The van der Waals surface area contributed by atoms with E-state index in [-0.39, 0.29) is 17.7 Å². The molecule has 5 heteroatoms. The third kappa shape index (κ3) is 2.81. The fourth-order valence-corrected chi connectivity index (χ4v) is 2.52. The average Bonchev–Trinajstić information content (AvgIpc) is 2.45. The highest BCUT2D eigenvalue weighted by Gasteiger charge is 2.40. The molecule has 5 nitrogen and oxygen atoms in total. The molecule has 0 aliphatic carbocycles. The van der Waals surface area contributed by atoms with E-state index in [0.717, 1.165) is 12.1 Å². The topological polar surface area (TPSA) is 62.3 Å². The van der Waals surface area contributed by atoms with E-state index in [1.54, 1.807) is 18.0 Å². The summed E-state index contributed by atoms with van der Waals surface area (Å²) in [5, 5.41) is 2.76. The van der Waals surface area contributed by atoms with E-state index in [1.807, 2.05) is 32.0 Å². The molecule has 1 aliphatic heterocycles. The van der Waals surface area contributed by atoms with Gasteiger partial charge in [-0.3, -0.25) is 14.6 Å². The monoisotopic (exact) mass is 275 g/mol. The SMILES string of the molecule is CCC(C)C1C(=O)NC(C)C(=O)N1Cc1ccccn1. The van der Waals surface area contributed by atoms with E-state index in [0.29, 0.717) is 6.54 Å². The number of hydrogen-bond donors (Lipinski definition) is 1. The van der Waals surface area contributed by atoms with Crippen molar-refractivity contribution in [1.82, 2.24) is 15.2 Å². The Morgan fingerprint density at radius 2 is 2.15 bits per heavy atom. The van der Waals surface area contributed by atoms with Gasteiger partial charge in [-0.05, 0) is 25.0 Å². The van der Waals surface area contributed by atoms with Crippen LogP contribution in [0.25, 0.3) is 0 Å². The van der Waals surface area contributed by atoms with Gasteiger partial charge in [0.25, 0.3) is 0 Å². The summed E-state index contributed by atoms with van der Waals surface area (Å²) in [4.78, 5) is 30.5. The molecular weight excluding hydrogens is 254 g/mol. The van der Waals surface area contributed by atoms with Gasteiger partial charge in [0.15, 0.2) is 0 Å². The van der Waals surface area contributed by atoms with Gasteiger partial charge in [-0.2, -0.15) is 0 Å². The predicted octanol–water partition coefficient (Wildman–Crippen LogP) is 1.34. The number of aromatic nitrogens is 1. The van der Waals surface area contributed by atoms with Crippen LogP contribution in [0.1, 0.15) is 32.9 Å². The summed E-state index contributed by atoms with van der Waals surface area (Å²) in [6.45, 7) is 6.13. The van der Waals surface area contributed by atoms with Crippen LogP contribution >= 0.6 is 0 Å². The molecule has 2 heterocycles. The van der Waals surface area contributed by atoms with E-state index in [4.69, 9.17) is 0 Å². The number of nitrogens with zero attached hydrogens (tertiary/aromatic N) is 2. The van der Waals surface area contributed by atoms with Crippen LogP contribution in [0.4, 0.5) is 0 Å². The molecule has 1 aromatic heterocycles. The normalized spacial score (nSPS) is 24.4. The second-order valence-corrected chi connectivity index (χ2v) is 5.35. The molecule has 3 atom stereocenters. The average molecular weight is 275 g/mol. The van der Waals surface area contributed by atoms with E-state index in [9.17, 15) is 9.59 Å². The Morgan fingerprint density at radius 3 is 2.75 bits per heavy atom. The van der Waals surface area contributed by atoms with Gasteiger partial charge in [-0.25, -0.2) is 0 Å². The molecule has 2 rings (SSSR count). The third-order valence-corrected chi connectivity index (χ3v) is 3.86. The van der Waals surface area contributed by atoms with Crippen LogP contribution in [0.3, 0.4) is 0 Å². The second kappa shape index (κ2) is 6.03. The molecule has 0 aromatic carbocycles. The predicted molar refractivity (Wildman–Crippen MR) is 75.6 cm³/mol. The molecule has 2 amide bonds. The van der Waals surface area contributed by atoms with Crippen molar-refractivity contribution in [2.45, 2.75) is 45.8 Å². The van der Waals surface area contributed by atoms with Crippen LogP contribution < -0.4 is 5.32 Å². The summed E-state index contributed by atoms with van der Waals surface area (Å²) >= 11 is 0. The number of piperazine rings is 1. The van der Waals surface area contributed by atoms with Crippen LogP contribution in [-0.4, -0.2) is 33.8 Å². The van der Waals surface area contributed by atoms with Crippen LogP contribution in [0.5, 0.6) is 0 Å². The van der Waals surface area contributed by atoms with Gasteiger partial charge in [0, 0.05) is 6.20 Å². The zero-order valence-corrected chi connectivity index (χ0v) is 12.2. The Balaban J connectivity index is 2.27. The van der Waals surface area contributed by atoms with E-state index >= 15 is 0 Å². The Bertz CT molecular complexity index is 489. The van der Waals surface area contributed by atoms with Crippen molar-refractivity contribution in [2.75, 3.05) is 0 Å². The largest absolute Gasteiger partial charge is 0.343 e. The highest BCUT2D eigenvalue weighted by atomic mass is 16.2. The lowest BCUT2D eigenvalue weighted by atomic mass is 9.93. The molecule has 1 aromatic rings. The van der Waals surface area contributed by atoms with Crippen molar-refractivity contribution in [3.05, 3.63) is 30.1 Å². The maximum Gasteiger partial charge on any atom is 0.245 e. The van der Waals surface area contributed by atoms with Crippen LogP contribution in [0, 0.1) is 5.92 Å². The quantitative estimate of drug-likeness (QED) is 0.902. The van der Waals surface area contributed by atoms with Crippen molar-refractivity contribution < 1.29 is 9.59 Å². The summed E-state index contributed by atoms with van der Waals surface area (Å²) in [6, 6.07) is 4.72. The molecular formula is C15H21N3O2. The molecule has 1 aliphatic rings. The summed E-state index contributed by atoms with van der Waals surface area (Å²) in [7, 11) is 0. The van der Waals surface area contributed by atoms with Gasteiger partial charge in [-0.15, -0.1) is 0 Å². The van der Waals surface area contributed by atoms with Crippen molar-refractivity contribution in [3.63, 3.8) is 0 Å². The van der Waals surface area contributed by atoms with Crippen molar-refractivity contribution in [1.29, 1.82) is 0 Å². The molecule has 20 heavy (non-hydrogen) atoms. The van der Waals surface area contributed by atoms with Crippen molar-refractivity contribution >= 4 is 11.8 Å². The number of rotatable bonds is 4. The second-order valence-electron chi connectivity index (χ2n) is 5.35. The molecule has 0 radical (unpaired) electrons. The first-order valence-electron chi connectivity index (χ1n) is 7.05. The number of hydrogen-bond acceptors (Lipinski definition) is 3. The number of pyridine rings is 1. The Hall–Kier alpha value is -1.91. The minimum absolute atomic E-state index is 0.0412. The first-order chi connectivity index (χ1) is 9.54. The van der Waals surface area contributed by atoms with Crippen LogP contribution in [0.2, 0.25) is 0 Å². The molecule has 3 unspecified atom stereocenters. The smallest absolute Gasteiger partial charge is 0.245 e. The van der Waals surface area contributed by atoms with Gasteiger partial charge >= 0.3 is 0 Å². The molecule has 1 fully saturated rings. The van der Waals surface area contributed by atoms with Gasteiger partial charge in [0.1, 0.15) is 12.1 Å². The Labute approximate surface area is 119 Å². The molecule has 0 bridgehead atoms. The first-order valence-corrected chi connectivity index (χ1v) is 7.05. The summed E-state index contributed by atoms with van der Waals surface area (Å²) in [5.41, 5.74) is 0.802. The van der Waals surface area contributed by atoms with E-state index < -0.39 is 12.1 Å². The van der Waals surface area contributed by atoms with Crippen LogP contribution in [0.15, 0.2) is 24.4 Å². The number of nitrogens with one attached hydrogen (secondary N) is 1. The minimum atomic E-state index is -0.466. The maximum atomic E-state index is 12.4. The Morgan fingerprint density at radius 1 is 1.40 bits per heavy atom. The lowest BCUT2D eigenvalue weighted by molar-refractivity contribution is -0.151. The third-order valence-electron chi connectivity index (χ3n) is 3.86. The van der Waals surface area contributed by atoms with E-state index in [1.165, 1.54) is 0 Å². The highest BCUT2D eigenvalue weighted by Crippen LogP contribution is 2.21. The first kappa shape index (κ1) is 14.5. The summed E-state index contributed by atoms with van der Waals surface area (Å²) < 4.78 is 0. The summed E-state index contributed by atoms with van der Waals surface area (Å²) in [5.74, 6) is 0.0121. The van der Waals surface area contributed by atoms with Gasteiger partial charge in [0.05, 0.1) is 12.2 Å². The molecule has 1 saturated heterocycles. The molecule has 0 spiro atoms. The number of carbonyl (C=O) groups is 2. The van der Waals surface area contributed by atoms with Crippen molar-refractivity contribution in [3.8, 4) is 0 Å². The lowest BCUT2D eigenvalue weighted by Gasteiger charge is -2.40. The highest BCUT2D eigenvalue weighted by molar-refractivity contribution is 5.96. The van der Waals surface area contributed by atoms with Gasteiger partial charge < -0.3 is 10.2 Å². The fraction of sp³-hybridized carbons (Fsp3) is 0.533. The minimum Gasteiger partial charge on any atom is -0.343 e. The Kier molecular flexibility index (Phi) is 4.37. The lowest BCUT2D eigenvalue weighted by Crippen LogP contribution is -2.63. The molecule has 108 valence electrons. The number of carbonyl (C=O) groups excluding carboxylic acids is 2. The fourth-order valence-electron chi connectivity index (χ4n) is 2.52. The summed E-state index contributed by atoms with van der Waals surface area (Å²) in [6.07, 6.45) is 2.55. The standard InChI is InChI=1S/C15H21N3O2/c1-4-10(2)13-14(19)17-11(3)15(20)18(13)9-12-7-5-6-8-16-12/h5-8,10-11,13H,4,9H2,1-3H3,(H,17,19). The van der Waals surface area contributed by atoms with Gasteiger partial charge in [0.2, 0.25) is 11.8 Å². The molecule has 1 N–H and O–H groups in total. The molecule has 0 saturated carbocycles. The number of amides is 2.